The van der Waals surface area contributed by atoms with Gasteiger partial charge in [-0.15, -0.1) is 0 Å². The molecule has 3 nitrogen and oxygen atoms in total. The third-order valence-electron chi connectivity index (χ3n) is 2.28. The Morgan fingerprint density at radius 2 is 2.25 bits per heavy atom. The minimum atomic E-state index is 0.0787. The first-order chi connectivity index (χ1) is 5.54. The fourth-order valence-corrected chi connectivity index (χ4v) is 1.19. The molecule has 1 aliphatic rings. The molecule has 0 aromatic rings. The van der Waals surface area contributed by atoms with Crippen LogP contribution >= 0.6 is 0 Å². The number of ketones is 1. The quantitative estimate of drug-likeness (QED) is 0.586. The Balaban J connectivity index is 3.02. The van der Waals surface area contributed by atoms with Gasteiger partial charge in [-0.05, 0) is 20.8 Å². The number of aliphatic imine (C=N–C) groups is 1. The minimum Gasteiger partial charge on any atom is -0.356 e. The van der Waals surface area contributed by atoms with Crippen LogP contribution in [0.5, 0.6) is 0 Å². The summed E-state index contributed by atoms with van der Waals surface area (Å²) in [6.45, 7) is 5.50. The lowest BCUT2D eigenvalue weighted by molar-refractivity contribution is -0.113. The molecule has 0 N–H and O–H groups in total. The standard InChI is InChI=1S/C9H14N2O/c1-6-9(7(2)12)5-10-8(3)11(6)4/h5,8H,1-4H3. The Morgan fingerprint density at radius 1 is 1.67 bits per heavy atom. The second-order valence-electron chi connectivity index (χ2n) is 3.08. The van der Waals surface area contributed by atoms with Crippen molar-refractivity contribution in [1.29, 1.82) is 0 Å². The van der Waals surface area contributed by atoms with E-state index in [4.69, 9.17) is 0 Å². The van der Waals surface area contributed by atoms with Crippen LogP contribution in [0.25, 0.3) is 0 Å². The maximum Gasteiger partial charge on any atom is 0.163 e. The van der Waals surface area contributed by atoms with Crippen molar-refractivity contribution in [2.24, 2.45) is 4.99 Å². The van der Waals surface area contributed by atoms with Crippen molar-refractivity contribution in [2.75, 3.05) is 7.05 Å². The van der Waals surface area contributed by atoms with E-state index in [2.05, 4.69) is 4.99 Å². The van der Waals surface area contributed by atoms with Crippen LogP contribution in [0.2, 0.25) is 0 Å². The van der Waals surface area contributed by atoms with Gasteiger partial charge in [-0.25, -0.2) is 0 Å². The van der Waals surface area contributed by atoms with E-state index in [-0.39, 0.29) is 11.9 Å². The molecule has 0 aromatic heterocycles. The van der Waals surface area contributed by atoms with Crippen molar-refractivity contribution in [2.45, 2.75) is 26.9 Å². The van der Waals surface area contributed by atoms with Crippen molar-refractivity contribution < 1.29 is 4.79 Å². The molecule has 1 aliphatic heterocycles. The molecular weight excluding hydrogens is 152 g/mol. The molecule has 1 rings (SSSR count). The first kappa shape index (κ1) is 8.97. The molecule has 0 saturated heterocycles. The molecule has 0 saturated carbocycles. The van der Waals surface area contributed by atoms with Gasteiger partial charge < -0.3 is 4.90 Å². The molecule has 0 bridgehead atoms. The summed E-state index contributed by atoms with van der Waals surface area (Å²) in [6.07, 6.45) is 1.82. The lowest BCUT2D eigenvalue weighted by Crippen LogP contribution is -2.31. The molecular formula is C9H14N2O. The summed E-state index contributed by atoms with van der Waals surface area (Å²) in [6, 6.07) is 0. The van der Waals surface area contributed by atoms with Crippen molar-refractivity contribution in [3.05, 3.63) is 11.3 Å². The molecule has 3 heteroatoms. The van der Waals surface area contributed by atoms with Crippen molar-refractivity contribution >= 4 is 12.0 Å². The summed E-state index contributed by atoms with van der Waals surface area (Å²) in [5.74, 6) is 0.0787. The third-order valence-corrected chi connectivity index (χ3v) is 2.28. The van der Waals surface area contributed by atoms with E-state index < -0.39 is 0 Å². The summed E-state index contributed by atoms with van der Waals surface area (Å²) in [7, 11) is 1.94. The van der Waals surface area contributed by atoms with Gasteiger partial charge in [-0.1, -0.05) is 0 Å². The highest BCUT2D eigenvalue weighted by molar-refractivity contribution is 6.13. The van der Waals surface area contributed by atoms with Crippen LogP contribution in [0.4, 0.5) is 0 Å². The monoisotopic (exact) mass is 166 g/mol. The van der Waals surface area contributed by atoms with Gasteiger partial charge in [0.2, 0.25) is 0 Å². The van der Waals surface area contributed by atoms with Crippen molar-refractivity contribution in [1.82, 2.24) is 4.90 Å². The number of carbonyl (C=O) groups is 1. The summed E-state index contributed by atoms with van der Waals surface area (Å²) in [4.78, 5) is 17.3. The van der Waals surface area contributed by atoms with Crippen LogP contribution in [0, 0.1) is 0 Å². The van der Waals surface area contributed by atoms with E-state index >= 15 is 0 Å². The topological polar surface area (TPSA) is 32.7 Å². The second-order valence-corrected chi connectivity index (χ2v) is 3.08. The molecule has 0 spiro atoms. The van der Waals surface area contributed by atoms with Gasteiger partial charge in [-0.2, -0.15) is 0 Å². The van der Waals surface area contributed by atoms with E-state index in [1.54, 1.807) is 13.1 Å². The second kappa shape index (κ2) is 3.09. The SMILES string of the molecule is CC(=O)C1=C(C)N(C)C(C)N=C1. The lowest BCUT2D eigenvalue weighted by Gasteiger charge is -2.28. The highest BCUT2D eigenvalue weighted by Crippen LogP contribution is 2.16. The molecule has 1 unspecified atom stereocenters. The van der Waals surface area contributed by atoms with Crippen LogP contribution in [-0.4, -0.2) is 30.1 Å². The van der Waals surface area contributed by atoms with Gasteiger partial charge in [0.25, 0.3) is 0 Å². The van der Waals surface area contributed by atoms with E-state index in [1.165, 1.54) is 0 Å². The summed E-state index contributed by atoms with van der Waals surface area (Å²) < 4.78 is 0. The Hall–Kier alpha value is -1.12. The lowest BCUT2D eigenvalue weighted by atomic mass is 10.1. The molecule has 12 heavy (non-hydrogen) atoms. The van der Waals surface area contributed by atoms with Gasteiger partial charge in [0.1, 0.15) is 6.17 Å². The van der Waals surface area contributed by atoms with Crippen molar-refractivity contribution in [3.8, 4) is 0 Å². The number of nitrogens with zero attached hydrogens (tertiary/aromatic N) is 2. The number of allylic oxidation sites excluding steroid dienone is 2. The first-order valence-corrected chi connectivity index (χ1v) is 4.02. The molecule has 0 fully saturated rings. The maximum absolute atomic E-state index is 11.1. The van der Waals surface area contributed by atoms with Crippen LogP contribution in [0.1, 0.15) is 20.8 Å². The van der Waals surface area contributed by atoms with E-state index in [0.717, 1.165) is 11.3 Å². The van der Waals surface area contributed by atoms with E-state index in [1.807, 2.05) is 25.8 Å². The van der Waals surface area contributed by atoms with Gasteiger partial charge in [-0.3, -0.25) is 9.79 Å². The average Bonchev–Trinajstić information content (AvgIpc) is 2.00. The number of Topliss-reactive ketones (excluding diaryl/α,β-unsaturated/α-hetero) is 1. The van der Waals surface area contributed by atoms with Crippen LogP contribution in [-0.2, 0) is 4.79 Å². The van der Waals surface area contributed by atoms with Gasteiger partial charge >= 0.3 is 0 Å². The van der Waals surface area contributed by atoms with E-state index in [0.29, 0.717) is 0 Å². The molecule has 0 aromatic carbocycles. The van der Waals surface area contributed by atoms with Crippen molar-refractivity contribution in [3.63, 3.8) is 0 Å². The zero-order chi connectivity index (χ0) is 9.30. The molecule has 0 aliphatic carbocycles. The Bertz CT molecular complexity index is 266. The number of hydrogen-bond acceptors (Lipinski definition) is 3. The highest BCUT2D eigenvalue weighted by atomic mass is 16.1. The van der Waals surface area contributed by atoms with Gasteiger partial charge in [0, 0.05) is 19.0 Å². The Labute approximate surface area is 72.8 Å². The molecule has 0 amide bonds. The van der Waals surface area contributed by atoms with Gasteiger partial charge in [0.15, 0.2) is 5.78 Å². The zero-order valence-electron chi connectivity index (χ0n) is 7.96. The smallest absolute Gasteiger partial charge is 0.163 e. The third kappa shape index (κ3) is 1.40. The summed E-state index contributed by atoms with van der Waals surface area (Å²) in [5.41, 5.74) is 1.72. The molecule has 0 radical (unpaired) electrons. The van der Waals surface area contributed by atoms with E-state index in [9.17, 15) is 4.79 Å². The maximum atomic E-state index is 11.1. The van der Waals surface area contributed by atoms with Gasteiger partial charge in [0.05, 0.1) is 5.57 Å². The largest absolute Gasteiger partial charge is 0.356 e. The highest BCUT2D eigenvalue weighted by Gasteiger charge is 2.17. The number of rotatable bonds is 1. The summed E-state index contributed by atoms with van der Waals surface area (Å²) in [5, 5.41) is 0. The Morgan fingerprint density at radius 3 is 2.75 bits per heavy atom. The first-order valence-electron chi connectivity index (χ1n) is 4.02. The molecule has 1 heterocycles. The van der Waals surface area contributed by atoms with Crippen LogP contribution in [0.15, 0.2) is 16.3 Å². The number of carbonyl (C=O) groups excluding carboxylic acids is 1. The molecule has 1 atom stereocenters. The summed E-state index contributed by atoms with van der Waals surface area (Å²) >= 11 is 0. The van der Waals surface area contributed by atoms with Crippen LogP contribution in [0.3, 0.4) is 0 Å². The predicted molar refractivity (Wildman–Crippen MR) is 49.1 cm³/mol. The Kier molecular flexibility index (Phi) is 2.31. The minimum absolute atomic E-state index is 0.0787. The molecule has 66 valence electrons. The fraction of sp³-hybridized carbons (Fsp3) is 0.556. The number of hydrogen-bond donors (Lipinski definition) is 0. The fourth-order valence-electron chi connectivity index (χ4n) is 1.19. The normalized spacial score (nSPS) is 23.3. The predicted octanol–water partition coefficient (Wildman–Crippen LogP) is 1.21. The average molecular weight is 166 g/mol. The zero-order valence-corrected chi connectivity index (χ0v) is 7.96. The van der Waals surface area contributed by atoms with Crippen LogP contribution < -0.4 is 0 Å².